The highest BCUT2D eigenvalue weighted by molar-refractivity contribution is 5.85. The summed E-state index contributed by atoms with van der Waals surface area (Å²) in [5.41, 5.74) is 2.95. The molecule has 2 aliphatic heterocycles. The lowest BCUT2D eigenvalue weighted by Crippen LogP contribution is -2.34. The molecular formula is C21H26ClN7O2. The number of hydrogen-bond donors (Lipinski definition) is 3. The molecule has 9 nitrogen and oxygen atoms in total. The number of aromatic nitrogens is 5. The van der Waals surface area contributed by atoms with E-state index in [9.17, 15) is 5.11 Å². The zero-order chi connectivity index (χ0) is 20.3. The highest BCUT2D eigenvalue weighted by atomic mass is 35.5. The molecule has 2 saturated heterocycles. The Morgan fingerprint density at radius 2 is 2.13 bits per heavy atom. The molecule has 5 rings (SSSR count). The lowest BCUT2D eigenvalue weighted by Gasteiger charge is -2.17. The summed E-state index contributed by atoms with van der Waals surface area (Å²) in [6, 6.07) is 5.93. The minimum absolute atomic E-state index is 0. The molecule has 3 aromatic rings. The van der Waals surface area contributed by atoms with Crippen molar-refractivity contribution < 1.29 is 9.84 Å². The maximum Gasteiger partial charge on any atom is 0.245 e. The highest BCUT2D eigenvalue weighted by Gasteiger charge is 2.26. The van der Waals surface area contributed by atoms with Crippen LogP contribution in [0.5, 0.6) is 5.75 Å². The van der Waals surface area contributed by atoms with Gasteiger partial charge in [-0.05, 0) is 36.5 Å². The third-order valence-electron chi connectivity index (χ3n) is 5.85. The van der Waals surface area contributed by atoms with Gasteiger partial charge in [-0.15, -0.1) is 22.6 Å². The van der Waals surface area contributed by atoms with E-state index in [4.69, 9.17) is 4.74 Å². The zero-order valence-electron chi connectivity index (χ0n) is 17.1. The number of hydrogen-bond acceptors (Lipinski definition) is 8. The molecule has 4 heterocycles. The number of benzene rings is 1. The Bertz CT molecular complexity index is 978. The zero-order valence-corrected chi connectivity index (χ0v) is 17.9. The quantitative estimate of drug-likeness (QED) is 0.531. The SMILES string of the molecule is Cl.Oc1cc(-c2cn[nH]c2)ccc1-c1cnc(N2CCC(CNC3CCOC3)C2)nn1. The lowest BCUT2D eigenvalue weighted by molar-refractivity contribution is 0.189. The van der Waals surface area contributed by atoms with Crippen molar-refractivity contribution in [3.05, 3.63) is 36.8 Å². The van der Waals surface area contributed by atoms with Gasteiger partial charge in [0, 0.05) is 49.6 Å². The molecule has 164 valence electrons. The third kappa shape index (κ3) is 4.79. The number of halogens is 1. The molecule has 10 heteroatoms. The maximum absolute atomic E-state index is 10.5. The minimum Gasteiger partial charge on any atom is -0.507 e. The topological polar surface area (TPSA) is 112 Å². The van der Waals surface area contributed by atoms with Crippen molar-refractivity contribution in [3.63, 3.8) is 0 Å². The second kappa shape index (κ2) is 9.59. The average molecular weight is 444 g/mol. The molecule has 0 radical (unpaired) electrons. The smallest absolute Gasteiger partial charge is 0.245 e. The summed E-state index contributed by atoms with van der Waals surface area (Å²) in [5.74, 6) is 1.36. The van der Waals surface area contributed by atoms with E-state index >= 15 is 0 Å². The average Bonchev–Trinajstić information content (AvgIpc) is 3.55. The fourth-order valence-corrected chi connectivity index (χ4v) is 4.08. The van der Waals surface area contributed by atoms with Gasteiger partial charge in [-0.2, -0.15) is 5.10 Å². The van der Waals surface area contributed by atoms with Crippen LogP contribution in [0.1, 0.15) is 12.8 Å². The largest absolute Gasteiger partial charge is 0.507 e. The van der Waals surface area contributed by atoms with Crippen LogP contribution in [0, 0.1) is 5.92 Å². The van der Waals surface area contributed by atoms with Gasteiger partial charge in [0.25, 0.3) is 0 Å². The summed E-state index contributed by atoms with van der Waals surface area (Å²) < 4.78 is 5.42. The van der Waals surface area contributed by atoms with Crippen molar-refractivity contribution >= 4 is 18.4 Å². The van der Waals surface area contributed by atoms with Crippen LogP contribution in [0.3, 0.4) is 0 Å². The van der Waals surface area contributed by atoms with Crippen molar-refractivity contribution in [2.45, 2.75) is 18.9 Å². The number of rotatable bonds is 6. The Hall–Kier alpha value is -2.75. The van der Waals surface area contributed by atoms with E-state index < -0.39 is 0 Å². The van der Waals surface area contributed by atoms with E-state index in [-0.39, 0.29) is 18.2 Å². The highest BCUT2D eigenvalue weighted by Crippen LogP contribution is 2.32. The first-order valence-electron chi connectivity index (χ1n) is 10.3. The first-order valence-corrected chi connectivity index (χ1v) is 10.3. The van der Waals surface area contributed by atoms with E-state index in [1.807, 2.05) is 12.1 Å². The summed E-state index contributed by atoms with van der Waals surface area (Å²) >= 11 is 0. The molecule has 2 aliphatic rings. The number of anilines is 1. The normalized spacial score (nSPS) is 20.7. The van der Waals surface area contributed by atoms with E-state index in [1.54, 1.807) is 24.7 Å². The Morgan fingerprint density at radius 3 is 2.84 bits per heavy atom. The summed E-state index contributed by atoms with van der Waals surface area (Å²) in [4.78, 5) is 6.69. The Labute approximate surface area is 186 Å². The van der Waals surface area contributed by atoms with Crippen LogP contribution >= 0.6 is 12.4 Å². The number of phenolic OH excluding ortho intramolecular Hbond substituents is 1. The molecular weight excluding hydrogens is 418 g/mol. The lowest BCUT2D eigenvalue weighted by atomic mass is 10.0. The third-order valence-corrected chi connectivity index (χ3v) is 5.85. The standard InChI is InChI=1S/C21H25N7O2.ClH/c29-20-7-15(16-9-24-25-10-16)1-2-18(20)19-11-23-21(27-26-19)28-5-3-14(12-28)8-22-17-4-6-30-13-17;/h1-2,7,9-11,14,17,22,29H,3-6,8,12-13H2,(H,24,25);1H. The second-order valence-corrected chi connectivity index (χ2v) is 7.93. The van der Waals surface area contributed by atoms with Crippen LogP contribution in [-0.2, 0) is 4.74 Å². The van der Waals surface area contributed by atoms with E-state index in [0.717, 1.165) is 56.8 Å². The molecule has 2 aromatic heterocycles. The van der Waals surface area contributed by atoms with Gasteiger partial charge in [-0.25, -0.2) is 4.98 Å². The van der Waals surface area contributed by atoms with Crippen LogP contribution in [0.25, 0.3) is 22.4 Å². The summed E-state index contributed by atoms with van der Waals surface area (Å²) in [7, 11) is 0. The fraction of sp³-hybridized carbons (Fsp3) is 0.429. The van der Waals surface area contributed by atoms with E-state index in [1.165, 1.54) is 0 Å². The molecule has 3 N–H and O–H groups in total. The Morgan fingerprint density at radius 1 is 1.19 bits per heavy atom. The van der Waals surface area contributed by atoms with Gasteiger partial charge in [0.2, 0.25) is 5.95 Å². The van der Waals surface area contributed by atoms with Crippen LogP contribution in [0.2, 0.25) is 0 Å². The number of ether oxygens (including phenoxy) is 1. The first kappa shape index (κ1) is 21.5. The monoisotopic (exact) mass is 443 g/mol. The van der Waals surface area contributed by atoms with Crippen LogP contribution in [0.15, 0.2) is 36.8 Å². The summed E-state index contributed by atoms with van der Waals surface area (Å²) in [6.45, 7) is 4.53. The molecule has 0 amide bonds. The van der Waals surface area contributed by atoms with Crippen molar-refractivity contribution in [1.82, 2.24) is 30.7 Å². The molecule has 1 aromatic carbocycles. The van der Waals surface area contributed by atoms with Crippen LogP contribution in [-0.4, -0.2) is 69.4 Å². The number of nitrogens with zero attached hydrogens (tertiary/aromatic N) is 5. The predicted octanol–water partition coefficient (Wildman–Crippen LogP) is 2.26. The van der Waals surface area contributed by atoms with E-state index in [2.05, 4.69) is 35.6 Å². The molecule has 2 atom stereocenters. The van der Waals surface area contributed by atoms with Crippen molar-refractivity contribution in [2.75, 3.05) is 37.7 Å². The van der Waals surface area contributed by atoms with Crippen LogP contribution < -0.4 is 10.2 Å². The number of nitrogens with one attached hydrogen (secondary N) is 2. The summed E-state index contributed by atoms with van der Waals surface area (Å²) in [5, 5.41) is 29.4. The Balaban J connectivity index is 0.00000231. The number of aromatic hydroxyl groups is 1. The van der Waals surface area contributed by atoms with Crippen LogP contribution in [0.4, 0.5) is 5.95 Å². The second-order valence-electron chi connectivity index (χ2n) is 7.93. The van der Waals surface area contributed by atoms with Gasteiger partial charge in [0.05, 0.1) is 19.0 Å². The van der Waals surface area contributed by atoms with Crippen molar-refractivity contribution in [2.24, 2.45) is 5.92 Å². The van der Waals surface area contributed by atoms with Gasteiger partial charge in [0.15, 0.2) is 0 Å². The molecule has 31 heavy (non-hydrogen) atoms. The van der Waals surface area contributed by atoms with Crippen molar-refractivity contribution in [1.29, 1.82) is 0 Å². The Kier molecular flexibility index (Phi) is 6.64. The first-order chi connectivity index (χ1) is 14.8. The van der Waals surface area contributed by atoms with Gasteiger partial charge in [0.1, 0.15) is 11.4 Å². The molecule has 0 aliphatic carbocycles. The van der Waals surface area contributed by atoms with Gasteiger partial charge in [-0.1, -0.05) is 6.07 Å². The molecule has 2 fully saturated rings. The number of aromatic amines is 1. The van der Waals surface area contributed by atoms with E-state index in [0.29, 0.717) is 29.2 Å². The number of phenols is 1. The fourth-order valence-electron chi connectivity index (χ4n) is 4.08. The minimum atomic E-state index is 0. The maximum atomic E-state index is 10.5. The molecule has 0 saturated carbocycles. The van der Waals surface area contributed by atoms with Gasteiger partial charge >= 0.3 is 0 Å². The molecule has 2 unspecified atom stereocenters. The molecule has 0 bridgehead atoms. The molecule has 0 spiro atoms. The van der Waals surface area contributed by atoms with Gasteiger partial charge in [-0.3, -0.25) is 5.10 Å². The van der Waals surface area contributed by atoms with Crippen molar-refractivity contribution in [3.8, 4) is 28.1 Å². The van der Waals surface area contributed by atoms with Gasteiger partial charge < -0.3 is 20.1 Å². The predicted molar refractivity (Wildman–Crippen MR) is 119 cm³/mol. The summed E-state index contributed by atoms with van der Waals surface area (Å²) in [6.07, 6.45) is 7.38. The number of H-pyrrole nitrogens is 1.